The molecule has 0 spiro atoms. The lowest BCUT2D eigenvalue weighted by molar-refractivity contribution is -0.120. The number of imide groups is 1. The first-order valence-corrected chi connectivity index (χ1v) is 8.81. The molecule has 144 valence electrons. The van der Waals surface area contributed by atoms with Crippen LogP contribution in [0.15, 0.2) is 59.3 Å². The number of benzene rings is 2. The van der Waals surface area contributed by atoms with Gasteiger partial charge in [0.25, 0.3) is 11.8 Å². The zero-order valence-corrected chi connectivity index (χ0v) is 15.9. The Kier molecular flexibility index (Phi) is 5.65. The predicted octanol–water partition coefficient (Wildman–Crippen LogP) is 3.31. The van der Waals surface area contributed by atoms with Crippen molar-refractivity contribution in [2.45, 2.75) is 6.92 Å². The van der Waals surface area contributed by atoms with Gasteiger partial charge < -0.3 is 14.8 Å². The van der Waals surface area contributed by atoms with Gasteiger partial charge >= 0.3 is 5.97 Å². The molecule has 2 aromatic rings. The fraction of sp³-hybridized carbons (Fsp3) is 0.150. The molecule has 0 aliphatic carbocycles. The van der Waals surface area contributed by atoms with Crippen LogP contribution >= 0.6 is 11.6 Å². The monoisotopic (exact) mass is 400 g/mol. The third-order valence-electron chi connectivity index (χ3n) is 4.01. The van der Waals surface area contributed by atoms with Crippen LogP contribution in [0, 0.1) is 0 Å². The fourth-order valence-corrected chi connectivity index (χ4v) is 2.87. The van der Waals surface area contributed by atoms with E-state index in [1.807, 2.05) is 6.92 Å². The van der Waals surface area contributed by atoms with E-state index in [1.54, 1.807) is 36.4 Å². The number of ether oxygens (including phenoxy) is 2. The van der Waals surface area contributed by atoms with Crippen molar-refractivity contribution in [3.8, 4) is 5.75 Å². The van der Waals surface area contributed by atoms with Gasteiger partial charge in [0.05, 0.1) is 25.0 Å². The van der Waals surface area contributed by atoms with Gasteiger partial charge in [0.1, 0.15) is 16.5 Å². The van der Waals surface area contributed by atoms with Crippen molar-refractivity contribution < 1.29 is 23.9 Å². The van der Waals surface area contributed by atoms with E-state index in [-0.39, 0.29) is 10.7 Å². The van der Waals surface area contributed by atoms with Crippen LogP contribution in [-0.4, -0.2) is 31.5 Å². The molecule has 0 unspecified atom stereocenters. The van der Waals surface area contributed by atoms with Gasteiger partial charge in [-0.15, -0.1) is 0 Å². The molecule has 1 aliphatic rings. The first kappa shape index (κ1) is 19.4. The Morgan fingerprint density at radius 3 is 2.25 bits per heavy atom. The molecule has 0 bridgehead atoms. The second-order valence-electron chi connectivity index (χ2n) is 5.76. The highest BCUT2D eigenvalue weighted by atomic mass is 35.5. The Hall–Kier alpha value is -3.32. The highest BCUT2D eigenvalue weighted by Gasteiger charge is 2.38. The first-order valence-electron chi connectivity index (χ1n) is 8.43. The Morgan fingerprint density at radius 2 is 1.68 bits per heavy atom. The van der Waals surface area contributed by atoms with Gasteiger partial charge in [-0.1, -0.05) is 11.6 Å². The highest BCUT2D eigenvalue weighted by molar-refractivity contribution is 6.53. The van der Waals surface area contributed by atoms with Crippen molar-refractivity contribution in [1.82, 2.24) is 0 Å². The van der Waals surface area contributed by atoms with Crippen molar-refractivity contribution in [2.75, 3.05) is 23.9 Å². The number of hydrogen-bond donors (Lipinski definition) is 1. The molecule has 8 heteroatoms. The molecule has 1 aliphatic heterocycles. The van der Waals surface area contributed by atoms with Crippen molar-refractivity contribution >= 4 is 40.8 Å². The number of hydrogen-bond acceptors (Lipinski definition) is 6. The van der Waals surface area contributed by atoms with Crippen LogP contribution in [0.4, 0.5) is 11.4 Å². The summed E-state index contributed by atoms with van der Waals surface area (Å²) in [4.78, 5) is 37.7. The lowest BCUT2D eigenvalue weighted by atomic mass is 10.2. The summed E-state index contributed by atoms with van der Waals surface area (Å²) >= 11 is 6.11. The minimum atomic E-state index is -0.621. The number of carbonyl (C=O) groups is 3. The van der Waals surface area contributed by atoms with E-state index < -0.39 is 17.8 Å². The molecule has 0 aromatic heterocycles. The Labute approximate surface area is 166 Å². The van der Waals surface area contributed by atoms with Crippen LogP contribution in [-0.2, 0) is 14.3 Å². The lowest BCUT2D eigenvalue weighted by Gasteiger charge is -2.15. The Morgan fingerprint density at radius 1 is 1.04 bits per heavy atom. The molecule has 0 radical (unpaired) electrons. The molecule has 1 heterocycles. The van der Waals surface area contributed by atoms with E-state index in [0.29, 0.717) is 29.3 Å². The van der Waals surface area contributed by atoms with Crippen LogP contribution in [0.1, 0.15) is 17.3 Å². The SMILES string of the molecule is CCOc1ccc(N2C(=O)C(Cl)=C(Nc3ccc(C(=O)OC)cc3)C2=O)cc1. The average molecular weight is 401 g/mol. The quantitative estimate of drug-likeness (QED) is 0.591. The number of carbonyl (C=O) groups excluding carboxylic acids is 3. The minimum absolute atomic E-state index is 0.0358. The van der Waals surface area contributed by atoms with Crippen LogP contribution < -0.4 is 15.0 Å². The first-order chi connectivity index (χ1) is 13.5. The summed E-state index contributed by atoms with van der Waals surface area (Å²) in [5, 5.41) is 2.63. The third-order valence-corrected chi connectivity index (χ3v) is 4.36. The number of rotatable bonds is 6. The summed E-state index contributed by atoms with van der Waals surface area (Å²) in [6, 6.07) is 12.8. The van der Waals surface area contributed by atoms with E-state index >= 15 is 0 Å². The van der Waals surface area contributed by atoms with Crippen molar-refractivity contribution in [1.29, 1.82) is 0 Å². The summed E-state index contributed by atoms with van der Waals surface area (Å²) in [5.74, 6) is -1.04. The van der Waals surface area contributed by atoms with Crippen molar-refractivity contribution in [3.63, 3.8) is 0 Å². The molecule has 7 nitrogen and oxygen atoms in total. The molecule has 0 saturated heterocycles. The summed E-state index contributed by atoms with van der Waals surface area (Å²) in [7, 11) is 1.29. The Bertz CT molecular complexity index is 952. The zero-order valence-electron chi connectivity index (χ0n) is 15.2. The molecular formula is C20H17ClN2O5. The fourth-order valence-electron chi connectivity index (χ4n) is 2.66. The number of amides is 2. The smallest absolute Gasteiger partial charge is 0.337 e. The summed E-state index contributed by atoms with van der Waals surface area (Å²) in [6.07, 6.45) is 0. The summed E-state index contributed by atoms with van der Waals surface area (Å²) < 4.78 is 10.0. The van der Waals surface area contributed by atoms with Crippen LogP contribution in [0.2, 0.25) is 0 Å². The second-order valence-corrected chi connectivity index (χ2v) is 6.13. The molecule has 3 rings (SSSR count). The molecule has 0 fully saturated rings. The third kappa shape index (κ3) is 3.70. The van der Waals surface area contributed by atoms with Gasteiger partial charge in [-0.05, 0) is 55.5 Å². The van der Waals surface area contributed by atoms with Gasteiger partial charge in [0.2, 0.25) is 0 Å². The van der Waals surface area contributed by atoms with Crippen LogP contribution in [0.25, 0.3) is 0 Å². The number of nitrogens with one attached hydrogen (secondary N) is 1. The topological polar surface area (TPSA) is 84.9 Å². The molecular weight excluding hydrogens is 384 g/mol. The molecule has 0 saturated carbocycles. The van der Waals surface area contributed by atoms with Crippen molar-refractivity contribution in [3.05, 3.63) is 64.8 Å². The molecule has 0 atom stereocenters. The van der Waals surface area contributed by atoms with E-state index in [9.17, 15) is 14.4 Å². The van der Waals surface area contributed by atoms with Gasteiger partial charge in [0, 0.05) is 5.69 Å². The molecule has 2 amide bonds. The number of esters is 1. The molecule has 28 heavy (non-hydrogen) atoms. The van der Waals surface area contributed by atoms with Crippen molar-refractivity contribution in [2.24, 2.45) is 0 Å². The minimum Gasteiger partial charge on any atom is -0.494 e. The van der Waals surface area contributed by atoms with E-state index in [4.69, 9.17) is 16.3 Å². The maximum Gasteiger partial charge on any atom is 0.337 e. The summed E-state index contributed by atoms with van der Waals surface area (Å²) in [5.41, 5.74) is 1.20. The van der Waals surface area contributed by atoms with Crippen LogP contribution in [0.5, 0.6) is 5.75 Å². The lowest BCUT2D eigenvalue weighted by Crippen LogP contribution is -2.32. The number of anilines is 2. The average Bonchev–Trinajstić information content (AvgIpc) is 2.92. The summed E-state index contributed by atoms with van der Waals surface area (Å²) in [6.45, 7) is 2.37. The van der Waals surface area contributed by atoms with Crippen LogP contribution in [0.3, 0.4) is 0 Å². The van der Waals surface area contributed by atoms with E-state index in [1.165, 1.54) is 19.2 Å². The number of halogens is 1. The van der Waals surface area contributed by atoms with Gasteiger partial charge in [-0.25, -0.2) is 9.69 Å². The second kappa shape index (κ2) is 8.14. The van der Waals surface area contributed by atoms with Gasteiger partial charge in [0.15, 0.2) is 0 Å². The number of nitrogens with zero attached hydrogens (tertiary/aromatic N) is 1. The van der Waals surface area contributed by atoms with E-state index in [0.717, 1.165) is 4.90 Å². The van der Waals surface area contributed by atoms with Gasteiger partial charge in [-0.2, -0.15) is 0 Å². The normalized spacial score (nSPS) is 13.8. The van der Waals surface area contributed by atoms with Gasteiger partial charge in [-0.3, -0.25) is 9.59 Å². The highest BCUT2D eigenvalue weighted by Crippen LogP contribution is 2.31. The number of methoxy groups -OCH3 is 1. The zero-order chi connectivity index (χ0) is 20.3. The standard InChI is InChI=1S/C20H17ClN2O5/c1-3-28-15-10-8-14(9-11-15)23-18(24)16(21)17(19(23)25)22-13-6-4-12(5-7-13)20(26)27-2/h4-11,22H,3H2,1-2H3. The molecule has 1 N–H and O–H groups in total. The molecule has 2 aromatic carbocycles. The predicted molar refractivity (Wildman–Crippen MR) is 104 cm³/mol. The largest absolute Gasteiger partial charge is 0.494 e. The Balaban J connectivity index is 1.80. The maximum absolute atomic E-state index is 12.8. The van der Waals surface area contributed by atoms with E-state index in [2.05, 4.69) is 10.1 Å². The maximum atomic E-state index is 12.8.